The number of aromatic nitrogens is 2. The maximum absolute atomic E-state index is 13.9. The van der Waals surface area contributed by atoms with E-state index in [1.54, 1.807) is 18.2 Å². The monoisotopic (exact) mass is 336 g/mol. The summed E-state index contributed by atoms with van der Waals surface area (Å²) in [5.41, 5.74) is 3.43. The SMILES string of the molecule is CCN(c1cccc(C)c1)c1cc(C)nc(Nc2ccccc2F)n1. The highest BCUT2D eigenvalue weighted by molar-refractivity contribution is 5.63. The molecule has 0 aliphatic carbocycles. The van der Waals surface area contributed by atoms with Gasteiger partial charge in [0.15, 0.2) is 0 Å². The molecule has 0 saturated carbocycles. The Labute approximate surface area is 147 Å². The molecule has 5 heteroatoms. The number of hydrogen-bond acceptors (Lipinski definition) is 4. The Morgan fingerprint density at radius 1 is 1.00 bits per heavy atom. The van der Waals surface area contributed by atoms with Gasteiger partial charge in [0.2, 0.25) is 5.95 Å². The van der Waals surface area contributed by atoms with Gasteiger partial charge in [0.05, 0.1) is 5.69 Å². The minimum Gasteiger partial charge on any atom is -0.326 e. The zero-order valence-corrected chi connectivity index (χ0v) is 14.6. The lowest BCUT2D eigenvalue weighted by Crippen LogP contribution is -2.18. The highest BCUT2D eigenvalue weighted by Crippen LogP contribution is 2.26. The van der Waals surface area contributed by atoms with E-state index in [4.69, 9.17) is 0 Å². The van der Waals surface area contributed by atoms with Gasteiger partial charge in [0.25, 0.3) is 0 Å². The van der Waals surface area contributed by atoms with Crippen molar-refractivity contribution in [1.29, 1.82) is 0 Å². The van der Waals surface area contributed by atoms with Crippen LogP contribution in [-0.4, -0.2) is 16.5 Å². The molecule has 3 rings (SSSR count). The molecule has 0 spiro atoms. The van der Waals surface area contributed by atoms with Crippen LogP contribution in [0.1, 0.15) is 18.2 Å². The molecule has 1 N–H and O–H groups in total. The lowest BCUT2D eigenvalue weighted by molar-refractivity contribution is 0.631. The highest BCUT2D eigenvalue weighted by atomic mass is 19.1. The number of nitrogens with one attached hydrogen (secondary N) is 1. The third-order valence-corrected chi connectivity index (χ3v) is 3.87. The molecule has 0 amide bonds. The average Bonchev–Trinajstić information content (AvgIpc) is 2.57. The minimum atomic E-state index is -0.333. The molecule has 25 heavy (non-hydrogen) atoms. The van der Waals surface area contributed by atoms with Crippen LogP contribution in [0, 0.1) is 19.7 Å². The summed E-state index contributed by atoms with van der Waals surface area (Å²) >= 11 is 0. The number of halogens is 1. The summed E-state index contributed by atoms with van der Waals surface area (Å²) in [6, 6.07) is 16.7. The van der Waals surface area contributed by atoms with Crippen LogP contribution in [0.5, 0.6) is 0 Å². The Morgan fingerprint density at radius 3 is 2.52 bits per heavy atom. The van der Waals surface area contributed by atoms with E-state index >= 15 is 0 Å². The Kier molecular flexibility index (Phi) is 4.93. The molecule has 0 fully saturated rings. The zero-order chi connectivity index (χ0) is 17.8. The summed E-state index contributed by atoms with van der Waals surface area (Å²) in [6.45, 7) is 6.80. The van der Waals surface area contributed by atoms with Crippen LogP contribution in [-0.2, 0) is 0 Å². The molecule has 4 nitrogen and oxygen atoms in total. The summed E-state index contributed by atoms with van der Waals surface area (Å²) in [5.74, 6) is 0.825. The van der Waals surface area contributed by atoms with Crippen LogP contribution in [0.4, 0.5) is 27.5 Å². The first kappa shape index (κ1) is 16.9. The van der Waals surface area contributed by atoms with Crippen LogP contribution in [0.2, 0.25) is 0 Å². The van der Waals surface area contributed by atoms with Gasteiger partial charge in [-0.15, -0.1) is 0 Å². The fourth-order valence-electron chi connectivity index (χ4n) is 2.70. The van der Waals surface area contributed by atoms with Crippen molar-refractivity contribution < 1.29 is 4.39 Å². The van der Waals surface area contributed by atoms with Crippen molar-refractivity contribution in [3.8, 4) is 0 Å². The molecular weight excluding hydrogens is 315 g/mol. The van der Waals surface area contributed by atoms with E-state index in [-0.39, 0.29) is 5.82 Å². The molecule has 3 aromatic rings. The number of nitrogens with zero attached hydrogens (tertiary/aromatic N) is 3. The van der Waals surface area contributed by atoms with Gasteiger partial charge in [-0.25, -0.2) is 9.37 Å². The molecule has 0 bridgehead atoms. The summed E-state index contributed by atoms with van der Waals surface area (Å²) in [7, 11) is 0. The van der Waals surface area contributed by atoms with E-state index < -0.39 is 0 Å². The van der Waals surface area contributed by atoms with E-state index in [0.29, 0.717) is 11.6 Å². The van der Waals surface area contributed by atoms with Gasteiger partial charge in [-0.1, -0.05) is 24.3 Å². The van der Waals surface area contributed by atoms with Crippen molar-refractivity contribution in [2.75, 3.05) is 16.8 Å². The Morgan fingerprint density at radius 2 is 1.80 bits per heavy atom. The average molecular weight is 336 g/mol. The van der Waals surface area contributed by atoms with E-state index in [1.807, 2.05) is 19.1 Å². The van der Waals surface area contributed by atoms with Gasteiger partial charge in [-0.2, -0.15) is 4.98 Å². The smallest absolute Gasteiger partial charge is 0.229 e. The second kappa shape index (κ2) is 7.30. The normalized spacial score (nSPS) is 10.6. The van der Waals surface area contributed by atoms with Gasteiger partial charge in [-0.05, 0) is 50.6 Å². The fraction of sp³-hybridized carbons (Fsp3) is 0.200. The second-order valence-corrected chi connectivity index (χ2v) is 5.88. The standard InChI is InChI=1S/C20H21FN4/c1-4-25(16-9-7-8-14(2)12-16)19-13-15(3)22-20(24-19)23-18-11-6-5-10-17(18)21/h5-13H,4H2,1-3H3,(H,22,23,24). The molecule has 1 heterocycles. The number of rotatable bonds is 5. The Bertz CT molecular complexity index is 879. The number of para-hydroxylation sites is 1. The summed E-state index contributed by atoms with van der Waals surface area (Å²) in [6.07, 6.45) is 0. The van der Waals surface area contributed by atoms with Gasteiger partial charge >= 0.3 is 0 Å². The molecular formula is C20H21FN4. The molecule has 0 unspecified atom stereocenters. The maximum Gasteiger partial charge on any atom is 0.229 e. The third kappa shape index (κ3) is 3.94. The number of hydrogen-bond donors (Lipinski definition) is 1. The summed E-state index contributed by atoms with van der Waals surface area (Å²) in [4.78, 5) is 11.1. The zero-order valence-electron chi connectivity index (χ0n) is 14.6. The number of anilines is 4. The molecule has 0 aliphatic rings. The molecule has 2 aromatic carbocycles. The van der Waals surface area contributed by atoms with Crippen LogP contribution >= 0.6 is 0 Å². The van der Waals surface area contributed by atoms with Crippen molar-refractivity contribution >= 4 is 23.1 Å². The fourth-order valence-corrected chi connectivity index (χ4v) is 2.70. The largest absolute Gasteiger partial charge is 0.326 e. The van der Waals surface area contributed by atoms with Crippen molar-refractivity contribution in [3.05, 3.63) is 71.7 Å². The summed E-state index contributed by atoms with van der Waals surface area (Å²) in [5, 5.41) is 2.97. The van der Waals surface area contributed by atoms with Gasteiger partial charge in [0, 0.05) is 24.0 Å². The van der Waals surface area contributed by atoms with Crippen molar-refractivity contribution in [1.82, 2.24) is 9.97 Å². The third-order valence-electron chi connectivity index (χ3n) is 3.87. The van der Waals surface area contributed by atoms with E-state index in [2.05, 4.69) is 52.2 Å². The van der Waals surface area contributed by atoms with E-state index in [9.17, 15) is 4.39 Å². The molecule has 0 radical (unpaired) electrons. The lowest BCUT2D eigenvalue weighted by atomic mass is 10.2. The highest BCUT2D eigenvalue weighted by Gasteiger charge is 2.12. The Balaban J connectivity index is 1.96. The predicted molar refractivity (Wildman–Crippen MR) is 100 cm³/mol. The van der Waals surface area contributed by atoms with Crippen LogP contribution in [0.25, 0.3) is 0 Å². The topological polar surface area (TPSA) is 41.1 Å². The van der Waals surface area contributed by atoms with E-state index in [1.165, 1.54) is 11.6 Å². The quantitative estimate of drug-likeness (QED) is 0.701. The first-order valence-electron chi connectivity index (χ1n) is 8.28. The minimum absolute atomic E-state index is 0.333. The predicted octanol–water partition coefficient (Wildman–Crippen LogP) is 5.13. The Hall–Kier alpha value is -2.95. The lowest BCUT2D eigenvalue weighted by Gasteiger charge is -2.23. The van der Waals surface area contributed by atoms with Crippen LogP contribution in [0.15, 0.2) is 54.6 Å². The molecule has 128 valence electrons. The van der Waals surface area contributed by atoms with Crippen molar-refractivity contribution in [2.45, 2.75) is 20.8 Å². The first-order valence-corrected chi connectivity index (χ1v) is 8.28. The number of benzene rings is 2. The first-order chi connectivity index (χ1) is 12.1. The van der Waals surface area contributed by atoms with Crippen LogP contribution < -0.4 is 10.2 Å². The summed E-state index contributed by atoms with van der Waals surface area (Å²) < 4.78 is 13.9. The number of aryl methyl sites for hydroxylation is 2. The molecule has 0 aliphatic heterocycles. The van der Waals surface area contributed by atoms with Gasteiger partial charge in [-0.3, -0.25) is 0 Å². The molecule has 0 saturated heterocycles. The van der Waals surface area contributed by atoms with Gasteiger partial charge in [0.1, 0.15) is 11.6 Å². The van der Waals surface area contributed by atoms with Crippen molar-refractivity contribution in [3.63, 3.8) is 0 Å². The maximum atomic E-state index is 13.9. The van der Waals surface area contributed by atoms with Crippen LogP contribution in [0.3, 0.4) is 0 Å². The second-order valence-electron chi connectivity index (χ2n) is 5.88. The van der Waals surface area contributed by atoms with Crippen molar-refractivity contribution in [2.24, 2.45) is 0 Å². The van der Waals surface area contributed by atoms with Gasteiger partial charge < -0.3 is 10.2 Å². The molecule has 1 aromatic heterocycles. The molecule has 0 atom stereocenters. The van der Waals surface area contributed by atoms with E-state index in [0.717, 1.165) is 23.7 Å².